The van der Waals surface area contributed by atoms with Crippen LogP contribution in [-0.2, 0) is 20.5 Å². The number of rotatable bonds is 5. The molecular weight excluding hydrogens is 311 g/mol. The Hall–Kier alpha value is -1.24. The van der Waals surface area contributed by atoms with Crippen molar-refractivity contribution in [3.8, 4) is 0 Å². The molecule has 1 saturated heterocycles. The van der Waals surface area contributed by atoms with Crippen molar-refractivity contribution in [1.82, 2.24) is 0 Å². The Labute approximate surface area is 143 Å². The first-order chi connectivity index (χ1) is 10.6. The Kier molecular flexibility index (Phi) is 5.28. The van der Waals surface area contributed by atoms with Crippen molar-refractivity contribution in [2.75, 3.05) is 5.75 Å². The van der Waals surface area contributed by atoms with Crippen molar-refractivity contribution in [1.29, 1.82) is 0 Å². The van der Waals surface area contributed by atoms with Crippen LogP contribution in [0.2, 0.25) is 0 Å². The SMILES string of the molecule is CC1(C)OB(C(=Cc2ccc(CC(=O)O)cc2)CS)OC1(C)C. The first kappa shape index (κ1) is 18.1. The Bertz CT molecular complexity index is 592. The third-order valence-electron chi connectivity index (χ3n) is 4.43. The predicted octanol–water partition coefficient (Wildman–Crippen LogP) is 3.26. The number of carboxylic acids is 1. The lowest BCUT2D eigenvalue weighted by Gasteiger charge is -2.32. The smallest absolute Gasteiger partial charge is 0.481 e. The zero-order valence-corrected chi connectivity index (χ0v) is 14.9. The van der Waals surface area contributed by atoms with Crippen LogP contribution in [0.3, 0.4) is 0 Å². The Morgan fingerprint density at radius 2 is 1.70 bits per heavy atom. The quantitative estimate of drug-likeness (QED) is 0.641. The van der Waals surface area contributed by atoms with Gasteiger partial charge in [-0.25, -0.2) is 0 Å². The molecule has 1 heterocycles. The molecule has 124 valence electrons. The summed E-state index contributed by atoms with van der Waals surface area (Å²) in [5.41, 5.74) is 1.92. The van der Waals surface area contributed by atoms with Crippen molar-refractivity contribution in [3.63, 3.8) is 0 Å². The zero-order chi connectivity index (χ0) is 17.3. The molecule has 1 aliphatic heterocycles. The maximum absolute atomic E-state index is 10.7. The van der Waals surface area contributed by atoms with Crippen LogP contribution in [-0.4, -0.2) is 35.1 Å². The third kappa shape index (κ3) is 4.19. The lowest BCUT2D eigenvalue weighted by Crippen LogP contribution is -2.41. The standard InChI is InChI=1S/C17H23BO4S/c1-16(2)17(3,4)22-18(21-16)14(11-23)9-12-5-7-13(8-6-12)10-15(19)20/h5-9,23H,10-11H2,1-4H3,(H,19,20). The fourth-order valence-corrected chi connectivity index (χ4v) is 2.54. The summed E-state index contributed by atoms with van der Waals surface area (Å²) in [6.07, 6.45) is 2.01. The number of thiol groups is 1. The van der Waals surface area contributed by atoms with Gasteiger partial charge in [0.15, 0.2) is 0 Å². The highest BCUT2D eigenvalue weighted by atomic mass is 32.1. The molecule has 0 radical (unpaired) electrons. The van der Waals surface area contributed by atoms with Crippen LogP contribution in [0, 0.1) is 0 Å². The van der Waals surface area contributed by atoms with Crippen LogP contribution in [0.15, 0.2) is 29.7 Å². The van der Waals surface area contributed by atoms with Crippen LogP contribution in [0.1, 0.15) is 38.8 Å². The second-order valence-corrected chi connectivity index (χ2v) is 7.09. The van der Waals surface area contributed by atoms with Gasteiger partial charge in [0.05, 0.1) is 17.6 Å². The molecule has 0 aromatic heterocycles. The summed E-state index contributed by atoms with van der Waals surface area (Å²) in [6, 6.07) is 7.43. The molecule has 0 amide bonds. The van der Waals surface area contributed by atoms with E-state index in [1.165, 1.54) is 0 Å². The van der Waals surface area contributed by atoms with Gasteiger partial charge in [-0.3, -0.25) is 4.79 Å². The lowest BCUT2D eigenvalue weighted by molar-refractivity contribution is -0.136. The molecule has 0 bridgehead atoms. The average Bonchev–Trinajstić information content (AvgIpc) is 2.66. The molecule has 4 nitrogen and oxygen atoms in total. The van der Waals surface area contributed by atoms with E-state index >= 15 is 0 Å². The van der Waals surface area contributed by atoms with Crippen LogP contribution >= 0.6 is 12.6 Å². The molecule has 1 aromatic carbocycles. The summed E-state index contributed by atoms with van der Waals surface area (Å²) in [5, 5.41) is 8.81. The molecule has 6 heteroatoms. The maximum atomic E-state index is 10.7. The molecular formula is C17H23BO4S. The van der Waals surface area contributed by atoms with Gasteiger partial charge in [-0.15, -0.1) is 0 Å². The highest BCUT2D eigenvalue weighted by molar-refractivity contribution is 7.80. The molecule has 0 unspecified atom stereocenters. The number of hydrogen-bond acceptors (Lipinski definition) is 4. The second-order valence-electron chi connectivity index (χ2n) is 6.78. The molecule has 1 aromatic rings. The Morgan fingerprint density at radius 1 is 1.17 bits per heavy atom. The van der Waals surface area contributed by atoms with Gasteiger partial charge in [0.1, 0.15) is 0 Å². The van der Waals surface area contributed by atoms with Crippen molar-refractivity contribution < 1.29 is 19.2 Å². The van der Waals surface area contributed by atoms with Crippen LogP contribution in [0.4, 0.5) is 0 Å². The lowest BCUT2D eigenvalue weighted by atomic mass is 9.78. The highest BCUT2D eigenvalue weighted by Crippen LogP contribution is 2.39. The van der Waals surface area contributed by atoms with Crippen LogP contribution in [0.25, 0.3) is 6.08 Å². The van der Waals surface area contributed by atoms with E-state index in [9.17, 15) is 4.79 Å². The largest absolute Gasteiger partial charge is 0.491 e. The van der Waals surface area contributed by atoms with E-state index in [1.807, 2.05) is 58.0 Å². The highest BCUT2D eigenvalue weighted by Gasteiger charge is 2.52. The van der Waals surface area contributed by atoms with Gasteiger partial charge in [0, 0.05) is 5.75 Å². The van der Waals surface area contributed by atoms with Gasteiger partial charge in [-0.2, -0.15) is 12.6 Å². The van der Waals surface area contributed by atoms with Gasteiger partial charge >= 0.3 is 13.1 Å². The number of carbonyl (C=O) groups is 1. The molecule has 0 spiro atoms. The van der Waals surface area contributed by atoms with Crippen molar-refractivity contribution in [2.24, 2.45) is 0 Å². The van der Waals surface area contributed by atoms with E-state index in [-0.39, 0.29) is 17.6 Å². The Morgan fingerprint density at radius 3 is 2.13 bits per heavy atom. The molecule has 2 rings (SSSR count). The minimum Gasteiger partial charge on any atom is -0.481 e. The van der Waals surface area contributed by atoms with E-state index in [0.29, 0.717) is 5.75 Å². The summed E-state index contributed by atoms with van der Waals surface area (Å²) in [6.45, 7) is 8.07. The number of hydrogen-bond donors (Lipinski definition) is 2. The molecule has 23 heavy (non-hydrogen) atoms. The first-order valence-corrected chi connectivity index (χ1v) is 8.25. The van der Waals surface area contributed by atoms with E-state index in [2.05, 4.69) is 12.6 Å². The minimum atomic E-state index is -0.832. The fourth-order valence-electron chi connectivity index (χ4n) is 2.30. The van der Waals surface area contributed by atoms with E-state index in [0.717, 1.165) is 16.6 Å². The van der Waals surface area contributed by atoms with Crippen molar-refractivity contribution in [2.45, 2.75) is 45.3 Å². The third-order valence-corrected chi connectivity index (χ3v) is 4.79. The molecule has 0 saturated carbocycles. The second kappa shape index (κ2) is 6.71. The fraction of sp³-hybridized carbons (Fsp3) is 0.471. The zero-order valence-electron chi connectivity index (χ0n) is 14.0. The van der Waals surface area contributed by atoms with Crippen LogP contribution in [0.5, 0.6) is 0 Å². The molecule has 1 fully saturated rings. The average molecular weight is 334 g/mol. The van der Waals surface area contributed by atoms with Gasteiger partial charge in [0.25, 0.3) is 0 Å². The summed E-state index contributed by atoms with van der Waals surface area (Å²) in [4.78, 5) is 10.7. The number of benzene rings is 1. The first-order valence-electron chi connectivity index (χ1n) is 7.62. The van der Waals surface area contributed by atoms with Gasteiger partial charge in [-0.05, 0) is 44.3 Å². The topological polar surface area (TPSA) is 55.8 Å². The maximum Gasteiger partial charge on any atom is 0.491 e. The predicted molar refractivity (Wildman–Crippen MR) is 95.7 cm³/mol. The normalized spacial score (nSPS) is 19.9. The summed E-state index contributed by atoms with van der Waals surface area (Å²) < 4.78 is 12.1. The Balaban J connectivity index is 2.18. The summed E-state index contributed by atoms with van der Waals surface area (Å²) in [5.74, 6) is -0.310. The molecule has 1 aliphatic rings. The number of carboxylic acid groups (broad SMARTS) is 1. The number of aliphatic carboxylic acids is 1. The molecule has 0 atom stereocenters. The van der Waals surface area contributed by atoms with Gasteiger partial charge < -0.3 is 14.4 Å². The van der Waals surface area contributed by atoms with Gasteiger partial charge in [-0.1, -0.05) is 30.3 Å². The molecule has 0 aliphatic carbocycles. The van der Waals surface area contributed by atoms with Crippen molar-refractivity contribution in [3.05, 3.63) is 40.9 Å². The summed E-state index contributed by atoms with van der Waals surface area (Å²) in [7, 11) is -0.420. The van der Waals surface area contributed by atoms with Gasteiger partial charge in [0.2, 0.25) is 0 Å². The summed E-state index contributed by atoms with van der Waals surface area (Å²) >= 11 is 4.39. The van der Waals surface area contributed by atoms with E-state index in [1.54, 1.807) is 0 Å². The molecule has 1 N–H and O–H groups in total. The van der Waals surface area contributed by atoms with Crippen molar-refractivity contribution >= 4 is 31.8 Å². The minimum absolute atomic E-state index is 0.0284. The van der Waals surface area contributed by atoms with E-state index in [4.69, 9.17) is 14.4 Å². The monoisotopic (exact) mass is 334 g/mol. The van der Waals surface area contributed by atoms with E-state index < -0.39 is 13.1 Å². The van der Waals surface area contributed by atoms with Crippen LogP contribution < -0.4 is 0 Å².